The summed E-state index contributed by atoms with van der Waals surface area (Å²) in [7, 11) is 0. The summed E-state index contributed by atoms with van der Waals surface area (Å²) < 4.78 is 5.61. The van der Waals surface area contributed by atoms with E-state index in [4.69, 9.17) is 4.42 Å². The number of nitro groups is 1. The maximum absolute atomic E-state index is 11.7. The number of hydrogen-bond donors (Lipinski definition) is 1. The second-order valence-corrected chi connectivity index (χ2v) is 5.77. The van der Waals surface area contributed by atoms with Gasteiger partial charge in [0.2, 0.25) is 11.8 Å². The standard InChI is InChI=1S/C17H13N3O4/c21-16(10-1-2-10)18-12-5-3-11(4-6-12)17-19-14-8-7-13(20(22)23)9-15(14)24-17/h3-10H,1-2H2,(H,18,21). The number of rotatable bonds is 4. The van der Waals surface area contributed by atoms with Crippen molar-refractivity contribution in [1.82, 2.24) is 4.98 Å². The molecule has 0 aliphatic heterocycles. The summed E-state index contributed by atoms with van der Waals surface area (Å²) >= 11 is 0. The normalized spacial score (nSPS) is 13.8. The van der Waals surface area contributed by atoms with Gasteiger partial charge < -0.3 is 9.73 Å². The van der Waals surface area contributed by atoms with Crippen molar-refractivity contribution in [2.45, 2.75) is 12.8 Å². The first kappa shape index (κ1) is 14.4. The number of nitro benzene ring substituents is 1. The number of benzene rings is 2. The van der Waals surface area contributed by atoms with Crippen molar-refractivity contribution in [3.63, 3.8) is 0 Å². The second-order valence-electron chi connectivity index (χ2n) is 5.77. The minimum atomic E-state index is -0.473. The zero-order valence-corrected chi connectivity index (χ0v) is 12.6. The van der Waals surface area contributed by atoms with E-state index in [1.54, 1.807) is 30.3 Å². The van der Waals surface area contributed by atoms with Crippen molar-refractivity contribution >= 4 is 28.4 Å². The molecule has 7 nitrogen and oxygen atoms in total. The van der Waals surface area contributed by atoms with Crippen LogP contribution in [-0.2, 0) is 4.79 Å². The smallest absolute Gasteiger partial charge is 0.273 e. The van der Waals surface area contributed by atoms with Crippen LogP contribution >= 0.6 is 0 Å². The molecular weight excluding hydrogens is 310 g/mol. The molecule has 1 amide bonds. The molecule has 120 valence electrons. The van der Waals surface area contributed by atoms with Gasteiger partial charge in [-0.05, 0) is 43.2 Å². The summed E-state index contributed by atoms with van der Waals surface area (Å²) in [4.78, 5) is 26.4. The maximum atomic E-state index is 11.7. The molecular formula is C17H13N3O4. The number of nitrogens with one attached hydrogen (secondary N) is 1. The van der Waals surface area contributed by atoms with Crippen LogP contribution in [-0.4, -0.2) is 15.8 Å². The zero-order chi connectivity index (χ0) is 16.7. The van der Waals surface area contributed by atoms with Gasteiger partial charge >= 0.3 is 0 Å². The minimum Gasteiger partial charge on any atom is -0.436 e. The average Bonchev–Trinajstić information content (AvgIpc) is 3.34. The van der Waals surface area contributed by atoms with Crippen LogP contribution in [0, 0.1) is 16.0 Å². The van der Waals surface area contributed by atoms with Crippen molar-refractivity contribution < 1.29 is 14.1 Å². The van der Waals surface area contributed by atoms with Crippen LogP contribution in [0.15, 0.2) is 46.9 Å². The first-order valence-electron chi connectivity index (χ1n) is 7.56. The summed E-state index contributed by atoms with van der Waals surface area (Å²) in [6.07, 6.45) is 1.91. The molecule has 0 atom stereocenters. The van der Waals surface area contributed by atoms with Gasteiger partial charge in [0.1, 0.15) is 5.52 Å². The summed E-state index contributed by atoms with van der Waals surface area (Å²) in [5.41, 5.74) is 2.34. The van der Waals surface area contributed by atoms with Crippen LogP contribution in [0.4, 0.5) is 11.4 Å². The molecule has 1 aliphatic carbocycles. The molecule has 1 aliphatic rings. The molecule has 3 aromatic rings. The number of carbonyl (C=O) groups excluding carboxylic acids is 1. The Hall–Kier alpha value is -3.22. The predicted molar refractivity (Wildman–Crippen MR) is 87.5 cm³/mol. The number of hydrogen-bond acceptors (Lipinski definition) is 5. The van der Waals surface area contributed by atoms with Crippen molar-refractivity contribution in [3.05, 3.63) is 52.6 Å². The average molecular weight is 323 g/mol. The molecule has 1 heterocycles. The van der Waals surface area contributed by atoms with Crippen LogP contribution < -0.4 is 5.32 Å². The predicted octanol–water partition coefficient (Wildman–Crippen LogP) is 3.75. The fraction of sp³-hybridized carbons (Fsp3) is 0.176. The number of carbonyl (C=O) groups is 1. The Morgan fingerprint density at radius 3 is 2.62 bits per heavy atom. The van der Waals surface area contributed by atoms with Crippen LogP contribution in [0.3, 0.4) is 0 Å². The molecule has 0 spiro atoms. The lowest BCUT2D eigenvalue weighted by atomic mass is 10.2. The summed E-state index contributed by atoms with van der Waals surface area (Å²) in [5.74, 6) is 0.583. The van der Waals surface area contributed by atoms with Crippen molar-refractivity contribution in [3.8, 4) is 11.5 Å². The van der Waals surface area contributed by atoms with Gasteiger partial charge in [0.05, 0.1) is 11.0 Å². The number of aromatic nitrogens is 1. The number of amides is 1. The number of nitrogens with zero attached hydrogens (tertiary/aromatic N) is 2. The molecule has 4 rings (SSSR count). The van der Waals surface area contributed by atoms with Gasteiger partial charge in [0.15, 0.2) is 5.58 Å². The van der Waals surface area contributed by atoms with E-state index in [-0.39, 0.29) is 17.5 Å². The van der Waals surface area contributed by atoms with E-state index in [2.05, 4.69) is 10.3 Å². The fourth-order valence-electron chi connectivity index (χ4n) is 2.44. The molecule has 0 saturated heterocycles. The number of fused-ring (bicyclic) bond motifs is 1. The van der Waals surface area contributed by atoms with Crippen molar-refractivity contribution in [1.29, 1.82) is 0 Å². The third-order valence-electron chi connectivity index (χ3n) is 3.93. The minimum absolute atomic E-state index is 0.0386. The van der Waals surface area contributed by atoms with E-state index in [1.807, 2.05) is 0 Å². The number of anilines is 1. The van der Waals surface area contributed by atoms with Gasteiger partial charge in [-0.2, -0.15) is 0 Å². The van der Waals surface area contributed by atoms with Gasteiger partial charge in [0, 0.05) is 23.2 Å². The van der Waals surface area contributed by atoms with Crippen LogP contribution in [0.2, 0.25) is 0 Å². The van der Waals surface area contributed by atoms with Gasteiger partial charge in [0.25, 0.3) is 5.69 Å². The second kappa shape index (κ2) is 5.45. The molecule has 7 heteroatoms. The van der Waals surface area contributed by atoms with Crippen molar-refractivity contribution in [2.24, 2.45) is 5.92 Å². The Balaban J connectivity index is 1.59. The molecule has 1 fully saturated rings. The van der Waals surface area contributed by atoms with Gasteiger partial charge in [-0.15, -0.1) is 0 Å². The SMILES string of the molecule is O=C(Nc1ccc(-c2nc3ccc([N+](=O)[O-])cc3o2)cc1)C1CC1. The molecule has 2 aromatic carbocycles. The Labute approximate surface area is 136 Å². The van der Waals surface area contributed by atoms with E-state index < -0.39 is 4.92 Å². The number of oxazole rings is 1. The Kier molecular flexibility index (Phi) is 3.26. The third-order valence-corrected chi connectivity index (χ3v) is 3.93. The Morgan fingerprint density at radius 2 is 1.96 bits per heavy atom. The summed E-state index contributed by atoms with van der Waals surface area (Å²) in [6, 6.07) is 11.5. The quantitative estimate of drug-likeness (QED) is 0.582. The van der Waals surface area contributed by atoms with E-state index in [9.17, 15) is 14.9 Å². The molecule has 0 unspecified atom stereocenters. The highest BCUT2D eigenvalue weighted by Crippen LogP contribution is 2.31. The summed E-state index contributed by atoms with van der Waals surface area (Å²) in [6.45, 7) is 0. The fourth-order valence-corrected chi connectivity index (χ4v) is 2.44. The maximum Gasteiger partial charge on any atom is 0.273 e. The molecule has 1 aromatic heterocycles. The lowest BCUT2D eigenvalue weighted by Gasteiger charge is -2.04. The first-order chi connectivity index (χ1) is 11.6. The largest absolute Gasteiger partial charge is 0.436 e. The highest BCUT2D eigenvalue weighted by Gasteiger charge is 2.29. The third kappa shape index (κ3) is 2.71. The van der Waals surface area contributed by atoms with Crippen LogP contribution in [0.1, 0.15) is 12.8 Å². The molecule has 24 heavy (non-hydrogen) atoms. The zero-order valence-electron chi connectivity index (χ0n) is 12.6. The highest BCUT2D eigenvalue weighted by molar-refractivity contribution is 5.94. The molecule has 0 radical (unpaired) electrons. The van der Waals surface area contributed by atoms with E-state index >= 15 is 0 Å². The van der Waals surface area contributed by atoms with E-state index in [1.165, 1.54) is 12.1 Å². The highest BCUT2D eigenvalue weighted by atomic mass is 16.6. The monoisotopic (exact) mass is 323 g/mol. The molecule has 1 N–H and O–H groups in total. The van der Waals surface area contributed by atoms with Gasteiger partial charge in [-0.1, -0.05) is 0 Å². The van der Waals surface area contributed by atoms with Crippen LogP contribution in [0.5, 0.6) is 0 Å². The Morgan fingerprint density at radius 1 is 1.21 bits per heavy atom. The lowest BCUT2D eigenvalue weighted by Crippen LogP contribution is -2.12. The van der Waals surface area contributed by atoms with Gasteiger partial charge in [-0.3, -0.25) is 14.9 Å². The summed E-state index contributed by atoms with van der Waals surface area (Å²) in [5, 5.41) is 13.7. The topological polar surface area (TPSA) is 98.3 Å². The van der Waals surface area contributed by atoms with E-state index in [0.29, 0.717) is 17.0 Å². The molecule has 0 bridgehead atoms. The molecule has 1 saturated carbocycles. The lowest BCUT2D eigenvalue weighted by molar-refractivity contribution is -0.384. The first-order valence-corrected chi connectivity index (χ1v) is 7.56. The van der Waals surface area contributed by atoms with Crippen LogP contribution in [0.25, 0.3) is 22.6 Å². The Bertz CT molecular complexity index is 942. The van der Waals surface area contributed by atoms with Crippen molar-refractivity contribution in [2.75, 3.05) is 5.32 Å². The van der Waals surface area contributed by atoms with Gasteiger partial charge in [-0.25, -0.2) is 4.98 Å². The number of non-ortho nitro benzene ring substituents is 1. The van der Waals surface area contributed by atoms with E-state index in [0.717, 1.165) is 24.1 Å².